The average molecular weight is 466 g/mol. The molecule has 0 spiro atoms. The summed E-state index contributed by atoms with van der Waals surface area (Å²) in [6, 6.07) is 31.3. The summed E-state index contributed by atoms with van der Waals surface area (Å²) in [7, 11) is 1.57. The number of carbonyl (C=O) groups excluding carboxylic acids is 1. The van der Waals surface area contributed by atoms with Crippen LogP contribution >= 0.6 is 11.8 Å². The Morgan fingerprint density at radius 3 is 2.29 bits per heavy atom. The molecule has 1 N–H and O–H groups in total. The molecule has 0 saturated heterocycles. The predicted octanol–water partition coefficient (Wildman–Crippen LogP) is 6.42. The van der Waals surface area contributed by atoms with Gasteiger partial charge in [-0.3, -0.25) is 4.79 Å². The second kappa shape index (κ2) is 11.2. The molecule has 1 amide bonds. The van der Waals surface area contributed by atoms with Gasteiger partial charge in [-0.2, -0.15) is 5.26 Å². The van der Waals surface area contributed by atoms with Gasteiger partial charge in [0.05, 0.1) is 24.1 Å². The van der Waals surface area contributed by atoms with Crippen molar-refractivity contribution in [2.45, 2.75) is 11.4 Å². The third-order valence-corrected chi connectivity index (χ3v) is 6.18. The van der Waals surface area contributed by atoms with Crippen molar-refractivity contribution in [1.82, 2.24) is 4.98 Å². The SMILES string of the molecule is COc1ccccc1NC(=O)CCSc1nc(-c2ccccc2)cc(-c2ccccc2)c1C#N. The molecule has 0 atom stereocenters. The molecular formula is C28H23N3O2S. The molecule has 0 aliphatic heterocycles. The number of anilines is 1. The number of nitrogens with zero attached hydrogens (tertiary/aromatic N) is 2. The minimum Gasteiger partial charge on any atom is -0.495 e. The number of para-hydroxylation sites is 2. The van der Waals surface area contributed by atoms with Crippen LogP contribution in [0.1, 0.15) is 12.0 Å². The zero-order valence-corrected chi connectivity index (χ0v) is 19.5. The summed E-state index contributed by atoms with van der Waals surface area (Å²) in [4.78, 5) is 17.3. The summed E-state index contributed by atoms with van der Waals surface area (Å²) in [5.41, 5.74) is 4.70. The summed E-state index contributed by atoms with van der Waals surface area (Å²) in [5.74, 6) is 0.966. The summed E-state index contributed by atoms with van der Waals surface area (Å²) < 4.78 is 5.29. The number of nitrogens with one attached hydrogen (secondary N) is 1. The second-order valence-electron chi connectivity index (χ2n) is 7.43. The van der Waals surface area contributed by atoms with E-state index in [-0.39, 0.29) is 12.3 Å². The van der Waals surface area contributed by atoms with Crippen LogP contribution in [0.25, 0.3) is 22.4 Å². The molecule has 1 aromatic heterocycles. The number of thioether (sulfide) groups is 1. The molecular weight excluding hydrogens is 442 g/mol. The molecule has 6 heteroatoms. The molecule has 0 unspecified atom stereocenters. The number of aromatic nitrogens is 1. The van der Waals surface area contributed by atoms with E-state index in [1.54, 1.807) is 19.2 Å². The van der Waals surface area contributed by atoms with E-state index in [0.717, 1.165) is 22.4 Å². The Hall–Kier alpha value is -4.08. The van der Waals surface area contributed by atoms with Crippen molar-refractivity contribution in [2.24, 2.45) is 0 Å². The molecule has 4 aromatic rings. The third kappa shape index (κ3) is 5.45. The van der Waals surface area contributed by atoms with E-state index in [9.17, 15) is 10.1 Å². The van der Waals surface area contributed by atoms with Crippen LogP contribution in [-0.4, -0.2) is 23.8 Å². The van der Waals surface area contributed by atoms with E-state index in [2.05, 4.69) is 11.4 Å². The number of carbonyl (C=O) groups is 1. The number of ether oxygens (including phenoxy) is 1. The van der Waals surface area contributed by atoms with E-state index in [4.69, 9.17) is 9.72 Å². The van der Waals surface area contributed by atoms with Gasteiger partial charge in [-0.15, -0.1) is 11.8 Å². The number of rotatable bonds is 8. The summed E-state index contributed by atoms with van der Waals surface area (Å²) >= 11 is 1.41. The van der Waals surface area contributed by atoms with Crippen LogP contribution in [0.2, 0.25) is 0 Å². The van der Waals surface area contributed by atoms with Gasteiger partial charge in [0.1, 0.15) is 16.8 Å². The number of pyridine rings is 1. The van der Waals surface area contributed by atoms with Gasteiger partial charge in [-0.05, 0) is 23.8 Å². The first-order chi connectivity index (χ1) is 16.7. The monoisotopic (exact) mass is 465 g/mol. The van der Waals surface area contributed by atoms with Crippen molar-refractivity contribution in [2.75, 3.05) is 18.2 Å². The van der Waals surface area contributed by atoms with Crippen LogP contribution in [0.3, 0.4) is 0 Å². The van der Waals surface area contributed by atoms with Gasteiger partial charge in [0.15, 0.2) is 0 Å². The molecule has 0 radical (unpaired) electrons. The van der Waals surface area contributed by atoms with Crippen molar-refractivity contribution >= 4 is 23.4 Å². The first-order valence-corrected chi connectivity index (χ1v) is 11.8. The van der Waals surface area contributed by atoms with Gasteiger partial charge in [-0.1, -0.05) is 72.8 Å². The van der Waals surface area contributed by atoms with Crippen molar-refractivity contribution in [3.63, 3.8) is 0 Å². The number of nitriles is 1. The Balaban J connectivity index is 1.58. The lowest BCUT2D eigenvalue weighted by Gasteiger charge is -2.13. The maximum absolute atomic E-state index is 12.5. The zero-order chi connectivity index (χ0) is 23.8. The molecule has 3 aromatic carbocycles. The molecule has 0 bridgehead atoms. The first kappa shape index (κ1) is 23.1. The fraction of sp³-hybridized carbons (Fsp3) is 0.107. The van der Waals surface area contributed by atoms with Crippen LogP contribution in [0.15, 0.2) is 96.0 Å². The van der Waals surface area contributed by atoms with Crippen LogP contribution in [0, 0.1) is 11.3 Å². The fourth-order valence-corrected chi connectivity index (χ4v) is 4.48. The maximum Gasteiger partial charge on any atom is 0.225 e. The Morgan fingerprint density at radius 2 is 1.62 bits per heavy atom. The van der Waals surface area contributed by atoms with Gasteiger partial charge >= 0.3 is 0 Å². The van der Waals surface area contributed by atoms with Crippen LogP contribution in [0.4, 0.5) is 5.69 Å². The third-order valence-electron chi connectivity index (χ3n) is 5.20. The first-order valence-electron chi connectivity index (χ1n) is 10.8. The Kier molecular flexibility index (Phi) is 7.59. The average Bonchev–Trinajstić information content (AvgIpc) is 2.89. The van der Waals surface area contributed by atoms with E-state index in [1.165, 1.54) is 11.8 Å². The lowest BCUT2D eigenvalue weighted by atomic mass is 9.99. The van der Waals surface area contributed by atoms with Gasteiger partial charge in [-0.25, -0.2) is 4.98 Å². The summed E-state index contributed by atoms with van der Waals surface area (Å²) in [6.07, 6.45) is 0.269. The number of methoxy groups -OCH3 is 1. The van der Waals surface area contributed by atoms with Crippen molar-refractivity contribution < 1.29 is 9.53 Å². The fourth-order valence-electron chi connectivity index (χ4n) is 3.54. The Morgan fingerprint density at radius 1 is 0.971 bits per heavy atom. The van der Waals surface area contributed by atoms with E-state index in [1.807, 2.05) is 78.9 Å². The van der Waals surface area contributed by atoms with Crippen LogP contribution in [-0.2, 0) is 4.79 Å². The maximum atomic E-state index is 12.5. The van der Waals surface area contributed by atoms with Gasteiger partial charge < -0.3 is 10.1 Å². The van der Waals surface area contributed by atoms with Crippen LogP contribution < -0.4 is 10.1 Å². The Labute approximate surface area is 203 Å². The molecule has 5 nitrogen and oxygen atoms in total. The normalized spacial score (nSPS) is 10.4. The van der Waals surface area contributed by atoms with Crippen molar-refractivity contribution in [1.29, 1.82) is 5.26 Å². The number of amides is 1. The van der Waals surface area contributed by atoms with E-state index < -0.39 is 0 Å². The van der Waals surface area contributed by atoms with E-state index in [0.29, 0.717) is 27.8 Å². The Bertz CT molecular complexity index is 1320. The zero-order valence-electron chi connectivity index (χ0n) is 18.7. The quantitative estimate of drug-likeness (QED) is 0.304. The number of hydrogen-bond acceptors (Lipinski definition) is 5. The van der Waals surface area contributed by atoms with Crippen molar-refractivity contribution in [3.05, 3.63) is 96.6 Å². The predicted molar refractivity (Wildman–Crippen MR) is 137 cm³/mol. The standard InChI is InChI=1S/C28H23N3O2S/c1-33-26-15-9-8-14-24(26)30-27(32)16-17-34-28-23(19-29)22(20-10-4-2-5-11-20)18-25(31-28)21-12-6-3-7-13-21/h2-15,18H,16-17H2,1H3,(H,30,32). The molecule has 0 saturated carbocycles. The molecule has 0 aliphatic rings. The van der Waals surface area contributed by atoms with Crippen molar-refractivity contribution in [3.8, 4) is 34.2 Å². The molecule has 1 heterocycles. The highest BCUT2D eigenvalue weighted by molar-refractivity contribution is 7.99. The van der Waals surface area contributed by atoms with Gasteiger partial charge in [0.2, 0.25) is 5.91 Å². The van der Waals surface area contributed by atoms with E-state index >= 15 is 0 Å². The topological polar surface area (TPSA) is 75.0 Å². The number of benzene rings is 3. The lowest BCUT2D eigenvalue weighted by Crippen LogP contribution is -2.13. The lowest BCUT2D eigenvalue weighted by molar-refractivity contribution is -0.115. The molecule has 0 fully saturated rings. The highest BCUT2D eigenvalue weighted by Gasteiger charge is 2.16. The minimum absolute atomic E-state index is 0.127. The van der Waals surface area contributed by atoms with Gasteiger partial charge in [0.25, 0.3) is 0 Å². The smallest absolute Gasteiger partial charge is 0.225 e. The summed E-state index contributed by atoms with van der Waals surface area (Å²) in [5, 5.41) is 13.5. The van der Waals surface area contributed by atoms with Crippen LogP contribution in [0.5, 0.6) is 5.75 Å². The molecule has 0 aliphatic carbocycles. The molecule has 34 heavy (non-hydrogen) atoms. The number of hydrogen-bond donors (Lipinski definition) is 1. The molecule has 4 rings (SSSR count). The highest BCUT2D eigenvalue weighted by Crippen LogP contribution is 2.34. The summed E-state index contributed by atoms with van der Waals surface area (Å²) in [6.45, 7) is 0. The minimum atomic E-state index is -0.127. The molecule has 168 valence electrons. The largest absolute Gasteiger partial charge is 0.495 e. The highest BCUT2D eigenvalue weighted by atomic mass is 32.2. The van der Waals surface area contributed by atoms with Gasteiger partial charge in [0, 0.05) is 23.3 Å². The second-order valence-corrected chi connectivity index (χ2v) is 8.51.